The van der Waals surface area contributed by atoms with Gasteiger partial charge >= 0.3 is 0 Å². The lowest BCUT2D eigenvalue weighted by Gasteiger charge is -2.30. The number of aromatic nitrogens is 3. The van der Waals surface area contributed by atoms with Gasteiger partial charge in [-0.25, -0.2) is 0 Å². The van der Waals surface area contributed by atoms with E-state index >= 15 is 0 Å². The summed E-state index contributed by atoms with van der Waals surface area (Å²) in [4.78, 5) is 17.7. The number of hydrogen-bond acceptors (Lipinski definition) is 6. The maximum absolute atomic E-state index is 6.13. The van der Waals surface area contributed by atoms with Crippen molar-refractivity contribution in [2.75, 3.05) is 42.6 Å². The van der Waals surface area contributed by atoms with Gasteiger partial charge in [0.15, 0.2) is 0 Å². The quantitative estimate of drug-likeness (QED) is 0.851. The first-order valence-electron chi connectivity index (χ1n) is 7.66. The molecule has 1 unspecified atom stereocenters. The Morgan fingerprint density at radius 2 is 1.81 bits per heavy atom. The Labute approximate surface area is 130 Å². The molecule has 1 aromatic rings. The van der Waals surface area contributed by atoms with Crippen LogP contribution < -0.4 is 9.80 Å². The number of halogens is 1. The zero-order chi connectivity index (χ0) is 14.8. The van der Waals surface area contributed by atoms with E-state index in [1.54, 1.807) is 0 Å². The zero-order valence-electron chi connectivity index (χ0n) is 12.6. The van der Waals surface area contributed by atoms with E-state index < -0.39 is 0 Å². The van der Waals surface area contributed by atoms with Gasteiger partial charge in [-0.1, -0.05) is 13.8 Å². The topological polar surface area (TPSA) is 54.4 Å². The van der Waals surface area contributed by atoms with Gasteiger partial charge < -0.3 is 14.5 Å². The van der Waals surface area contributed by atoms with E-state index in [0.717, 1.165) is 19.6 Å². The summed E-state index contributed by atoms with van der Waals surface area (Å²) in [5.41, 5.74) is 0. The first kappa shape index (κ1) is 14.8. The standard InChI is InChI=1S/C14H22ClN5O/c1-10(2)11-4-3-5-20(11)14-17-12(15)16-13(18-14)19-6-8-21-9-7-19/h10-11H,3-9H2,1-2H3. The van der Waals surface area contributed by atoms with E-state index in [2.05, 4.69) is 38.6 Å². The number of hydrogen-bond donors (Lipinski definition) is 0. The van der Waals surface area contributed by atoms with Crippen molar-refractivity contribution in [2.24, 2.45) is 5.92 Å². The van der Waals surface area contributed by atoms with Crippen LogP contribution in [-0.4, -0.2) is 53.8 Å². The summed E-state index contributed by atoms with van der Waals surface area (Å²) in [6, 6.07) is 0.487. The van der Waals surface area contributed by atoms with Crippen LogP contribution in [0, 0.1) is 5.92 Å². The second-order valence-electron chi connectivity index (χ2n) is 5.95. The lowest BCUT2D eigenvalue weighted by atomic mass is 10.0. The number of ether oxygens (including phenoxy) is 1. The summed E-state index contributed by atoms with van der Waals surface area (Å²) < 4.78 is 5.37. The van der Waals surface area contributed by atoms with Crippen LogP contribution in [0.2, 0.25) is 5.28 Å². The Hall–Kier alpha value is -1.14. The minimum atomic E-state index is 0.274. The number of anilines is 2. The maximum Gasteiger partial charge on any atom is 0.231 e. The summed E-state index contributed by atoms with van der Waals surface area (Å²) in [6.45, 7) is 8.49. The van der Waals surface area contributed by atoms with E-state index in [1.165, 1.54) is 12.8 Å². The van der Waals surface area contributed by atoms with Crippen molar-refractivity contribution in [3.8, 4) is 0 Å². The molecule has 0 aromatic carbocycles. The molecule has 0 bridgehead atoms. The van der Waals surface area contributed by atoms with Gasteiger partial charge in [0.05, 0.1) is 13.2 Å². The second kappa shape index (κ2) is 6.32. The van der Waals surface area contributed by atoms with Gasteiger partial charge in [0.25, 0.3) is 0 Å². The monoisotopic (exact) mass is 311 g/mol. The molecule has 7 heteroatoms. The molecule has 1 atom stereocenters. The predicted octanol–water partition coefficient (Wildman–Crippen LogP) is 1.99. The van der Waals surface area contributed by atoms with Gasteiger partial charge in [0.2, 0.25) is 17.2 Å². The van der Waals surface area contributed by atoms with E-state index in [9.17, 15) is 0 Å². The van der Waals surface area contributed by atoms with Crippen molar-refractivity contribution >= 4 is 23.5 Å². The zero-order valence-corrected chi connectivity index (χ0v) is 13.4. The highest BCUT2D eigenvalue weighted by atomic mass is 35.5. The summed E-state index contributed by atoms with van der Waals surface area (Å²) in [5, 5.41) is 0.274. The Bertz CT molecular complexity index is 492. The summed E-state index contributed by atoms with van der Waals surface area (Å²) >= 11 is 6.13. The second-order valence-corrected chi connectivity index (χ2v) is 6.29. The van der Waals surface area contributed by atoms with Gasteiger partial charge in [-0.2, -0.15) is 15.0 Å². The Morgan fingerprint density at radius 1 is 1.10 bits per heavy atom. The van der Waals surface area contributed by atoms with Crippen LogP contribution >= 0.6 is 11.6 Å². The average Bonchev–Trinajstić information content (AvgIpc) is 2.97. The predicted molar refractivity (Wildman–Crippen MR) is 83.1 cm³/mol. The Kier molecular flexibility index (Phi) is 4.45. The molecule has 3 rings (SSSR count). The molecule has 2 fully saturated rings. The van der Waals surface area contributed by atoms with Crippen molar-refractivity contribution in [1.82, 2.24) is 15.0 Å². The largest absolute Gasteiger partial charge is 0.378 e. The molecule has 0 radical (unpaired) electrons. The fourth-order valence-corrected chi connectivity index (χ4v) is 3.25. The van der Waals surface area contributed by atoms with Gasteiger partial charge in [0.1, 0.15) is 0 Å². The first-order valence-corrected chi connectivity index (χ1v) is 8.04. The third-order valence-corrected chi connectivity index (χ3v) is 4.37. The molecule has 116 valence electrons. The molecule has 0 amide bonds. The Balaban J connectivity index is 1.86. The molecule has 0 N–H and O–H groups in total. The van der Waals surface area contributed by atoms with Gasteiger partial charge in [-0.05, 0) is 30.4 Å². The maximum atomic E-state index is 6.13. The van der Waals surface area contributed by atoms with Crippen LogP contribution in [0.1, 0.15) is 26.7 Å². The lowest BCUT2D eigenvalue weighted by molar-refractivity contribution is 0.122. The van der Waals surface area contributed by atoms with E-state index in [1.807, 2.05) is 0 Å². The van der Waals surface area contributed by atoms with Crippen LogP contribution in [0.4, 0.5) is 11.9 Å². The van der Waals surface area contributed by atoms with Crippen molar-refractivity contribution in [3.05, 3.63) is 5.28 Å². The molecule has 0 spiro atoms. The summed E-state index contributed by atoms with van der Waals surface area (Å²) in [6.07, 6.45) is 2.37. The molecule has 21 heavy (non-hydrogen) atoms. The van der Waals surface area contributed by atoms with Crippen molar-refractivity contribution in [2.45, 2.75) is 32.7 Å². The molecule has 2 aliphatic heterocycles. The normalized spacial score (nSPS) is 23.1. The van der Waals surface area contributed by atoms with Gasteiger partial charge in [-0.3, -0.25) is 0 Å². The molecule has 3 heterocycles. The number of nitrogens with zero attached hydrogens (tertiary/aromatic N) is 5. The average molecular weight is 312 g/mol. The van der Waals surface area contributed by atoms with Crippen LogP contribution in [0.5, 0.6) is 0 Å². The fraction of sp³-hybridized carbons (Fsp3) is 0.786. The molecular formula is C14H22ClN5O. The smallest absolute Gasteiger partial charge is 0.231 e. The minimum absolute atomic E-state index is 0.274. The Morgan fingerprint density at radius 3 is 2.52 bits per heavy atom. The highest BCUT2D eigenvalue weighted by Gasteiger charge is 2.30. The molecule has 6 nitrogen and oxygen atoms in total. The number of morpholine rings is 1. The molecule has 0 aliphatic carbocycles. The number of rotatable bonds is 3. The highest BCUT2D eigenvalue weighted by Crippen LogP contribution is 2.28. The molecule has 2 aliphatic rings. The molecular weight excluding hydrogens is 290 g/mol. The van der Waals surface area contributed by atoms with Crippen molar-refractivity contribution in [3.63, 3.8) is 0 Å². The van der Waals surface area contributed by atoms with Crippen molar-refractivity contribution in [1.29, 1.82) is 0 Å². The fourth-order valence-electron chi connectivity index (χ4n) is 3.10. The van der Waals surface area contributed by atoms with Crippen LogP contribution in [0.3, 0.4) is 0 Å². The van der Waals surface area contributed by atoms with Gasteiger partial charge in [-0.15, -0.1) is 0 Å². The van der Waals surface area contributed by atoms with E-state index in [-0.39, 0.29) is 5.28 Å². The van der Waals surface area contributed by atoms with Crippen molar-refractivity contribution < 1.29 is 4.74 Å². The van der Waals surface area contributed by atoms with Gasteiger partial charge in [0, 0.05) is 25.7 Å². The third kappa shape index (κ3) is 3.21. The molecule has 1 aromatic heterocycles. The molecule has 0 saturated carbocycles. The lowest BCUT2D eigenvalue weighted by Crippen LogP contribution is -2.39. The molecule has 2 saturated heterocycles. The van der Waals surface area contributed by atoms with Crippen LogP contribution in [0.25, 0.3) is 0 Å². The minimum Gasteiger partial charge on any atom is -0.378 e. The van der Waals surface area contributed by atoms with E-state index in [0.29, 0.717) is 37.1 Å². The SMILES string of the molecule is CC(C)C1CCCN1c1nc(Cl)nc(N2CCOCC2)n1. The van der Waals surface area contributed by atoms with Crippen LogP contribution in [0.15, 0.2) is 0 Å². The summed E-state index contributed by atoms with van der Waals surface area (Å²) in [7, 11) is 0. The van der Waals surface area contributed by atoms with Crippen LogP contribution in [-0.2, 0) is 4.74 Å². The van der Waals surface area contributed by atoms with E-state index in [4.69, 9.17) is 16.3 Å². The highest BCUT2D eigenvalue weighted by molar-refractivity contribution is 6.28. The summed E-state index contributed by atoms with van der Waals surface area (Å²) in [5.74, 6) is 1.96. The third-order valence-electron chi connectivity index (χ3n) is 4.20. The first-order chi connectivity index (χ1) is 10.1.